The third kappa shape index (κ3) is 13.8. The highest BCUT2D eigenvalue weighted by Crippen LogP contribution is 2.34. The monoisotopic (exact) mass is 613 g/mol. The molecule has 4 rings (SSSR count). The number of halogens is 7. The van der Waals surface area contributed by atoms with Crippen molar-refractivity contribution in [3.8, 4) is 0 Å². The number of ketones is 1. The van der Waals surface area contributed by atoms with Crippen LogP contribution in [-0.2, 0) is 17.5 Å². The number of nitrogens with one attached hydrogen (secondary N) is 2. The highest BCUT2D eigenvalue weighted by molar-refractivity contribution is 6.08. The number of carbonyl (C=O) groups excluding carboxylic acids is 2. The van der Waals surface area contributed by atoms with Crippen molar-refractivity contribution in [3.05, 3.63) is 35.9 Å². The first-order valence-corrected chi connectivity index (χ1v) is 13.1. The molecule has 1 amide bonds. The van der Waals surface area contributed by atoms with Crippen LogP contribution in [0, 0.1) is 0 Å². The van der Waals surface area contributed by atoms with Gasteiger partial charge in [-0.05, 0) is 19.9 Å². The largest absolute Gasteiger partial charge is 0.437 e. The number of aromatic nitrogens is 5. The molecule has 0 unspecified atom stereocenters. The highest BCUT2D eigenvalue weighted by Gasteiger charge is 2.39. The molecule has 0 spiro atoms. The maximum absolute atomic E-state index is 13.1. The van der Waals surface area contributed by atoms with E-state index in [0.29, 0.717) is 19.2 Å². The number of anilines is 2. The molecule has 0 saturated heterocycles. The normalized spacial score (nSPS) is 12.6. The summed E-state index contributed by atoms with van der Waals surface area (Å²) in [6.45, 7) is 5.32. The Morgan fingerprint density at radius 1 is 0.952 bits per heavy atom. The number of nitrogens with zero attached hydrogens (tertiary/aromatic N) is 5. The molecule has 3 aromatic rings. The molecule has 0 aromatic carbocycles. The summed E-state index contributed by atoms with van der Waals surface area (Å²) >= 11 is 0. The zero-order chi connectivity index (χ0) is 32.5. The zero-order valence-corrected chi connectivity index (χ0v) is 24.5. The molecule has 1 fully saturated rings. The minimum atomic E-state index is -5.07. The Labute approximate surface area is 239 Å². The topological polar surface area (TPSA) is 106 Å². The summed E-state index contributed by atoms with van der Waals surface area (Å²) in [6, 6.07) is 1.55. The van der Waals surface area contributed by atoms with Gasteiger partial charge >= 0.3 is 12.4 Å². The van der Waals surface area contributed by atoms with Gasteiger partial charge in [-0.25, -0.2) is 9.50 Å². The number of fused-ring (bicyclic) bond motifs is 1. The van der Waals surface area contributed by atoms with Crippen LogP contribution in [0.3, 0.4) is 0 Å². The van der Waals surface area contributed by atoms with Crippen molar-refractivity contribution in [1.82, 2.24) is 24.4 Å². The standard InChI is InChI=1S/C14H11F6N7O.C6H12.C3H6O.C2H6.CH3F/c1-21-9-2-3-27-11(24-9)7(4-22-27)12(28)23-8-5-26(6-13(15,16)17)25-10(8)14(18,19)20;1-2-4-6-5-3-1;1-3(2)4;2*1-2/h2-5H,6H2,1H3,(H,21,24)(H,23,28);1-6H2;1-2H3;1-2H3;1H3. The highest BCUT2D eigenvalue weighted by atomic mass is 19.4. The molecule has 238 valence electrons. The number of amides is 1. The molecule has 42 heavy (non-hydrogen) atoms. The van der Waals surface area contributed by atoms with Gasteiger partial charge in [0.05, 0.1) is 19.1 Å². The summed E-state index contributed by atoms with van der Waals surface area (Å²) in [6.07, 6.45) is 2.15. The van der Waals surface area contributed by atoms with Crippen molar-refractivity contribution in [2.45, 2.75) is 85.1 Å². The fourth-order valence-electron chi connectivity index (χ4n) is 3.41. The fraction of sp³-hybridized carbons (Fsp3) is 0.577. The Hall–Kier alpha value is -3.72. The van der Waals surface area contributed by atoms with E-state index in [1.165, 1.54) is 63.1 Å². The van der Waals surface area contributed by atoms with E-state index in [-0.39, 0.29) is 21.7 Å². The predicted octanol–water partition coefficient (Wildman–Crippen LogP) is 7.35. The van der Waals surface area contributed by atoms with Crippen molar-refractivity contribution in [1.29, 1.82) is 0 Å². The van der Waals surface area contributed by atoms with Gasteiger partial charge in [0.15, 0.2) is 11.3 Å². The predicted molar refractivity (Wildman–Crippen MR) is 146 cm³/mol. The lowest BCUT2D eigenvalue weighted by Crippen LogP contribution is -2.19. The van der Waals surface area contributed by atoms with Crippen LogP contribution in [0.5, 0.6) is 0 Å². The van der Waals surface area contributed by atoms with Gasteiger partial charge in [0.2, 0.25) is 0 Å². The van der Waals surface area contributed by atoms with Crippen molar-refractivity contribution in [2.24, 2.45) is 0 Å². The van der Waals surface area contributed by atoms with Crippen LogP contribution in [0.1, 0.15) is 82.3 Å². The molecule has 1 saturated carbocycles. The third-order valence-corrected chi connectivity index (χ3v) is 4.99. The number of hydrogen-bond donors (Lipinski definition) is 2. The summed E-state index contributed by atoms with van der Waals surface area (Å²) < 4.78 is 87.4. The van der Waals surface area contributed by atoms with Gasteiger partial charge in [0, 0.05) is 19.4 Å². The van der Waals surface area contributed by atoms with Crippen LogP contribution in [0.25, 0.3) is 5.65 Å². The number of hydrogen-bond acceptors (Lipinski definition) is 6. The van der Waals surface area contributed by atoms with E-state index in [1.807, 2.05) is 19.2 Å². The Balaban J connectivity index is 0.000001000. The first-order chi connectivity index (χ1) is 19.7. The second-order valence-corrected chi connectivity index (χ2v) is 8.57. The van der Waals surface area contributed by atoms with Crippen molar-refractivity contribution >= 4 is 28.8 Å². The molecule has 0 radical (unpaired) electrons. The van der Waals surface area contributed by atoms with E-state index in [1.54, 1.807) is 13.1 Å². The minimum Gasteiger partial charge on any atom is -0.373 e. The maximum Gasteiger partial charge on any atom is 0.437 e. The van der Waals surface area contributed by atoms with Crippen LogP contribution >= 0.6 is 0 Å². The molecule has 2 N–H and O–H groups in total. The molecule has 3 aromatic heterocycles. The summed E-state index contributed by atoms with van der Waals surface area (Å²) in [5, 5.41) is 11.4. The van der Waals surface area contributed by atoms with Crippen LogP contribution in [0.2, 0.25) is 0 Å². The Morgan fingerprint density at radius 2 is 1.45 bits per heavy atom. The lowest BCUT2D eigenvalue weighted by atomic mass is 10.0. The van der Waals surface area contributed by atoms with Gasteiger partial charge in [0.1, 0.15) is 23.7 Å². The van der Waals surface area contributed by atoms with E-state index in [9.17, 15) is 40.3 Å². The van der Waals surface area contributed by atoms with Crippen LogP contribution < -0.4 is 10.6 Å². The Bertz CT molecular complexity index is 1200. The second kappa shape index (κ2) is 18.7. The third-order valence-electron chi connectivity index (χ3n) is 4.99. The first-order valence-electron chi connectivity index (χ1n) is 13.1. The minimum absolute atomic E-state index is 0.0422. The lowest BCUT2D eigenvalue weighted by Gasteiger charge is -2.07. The number of carbonyl (C=O) groups is 2. The van der Waals surface area contributed by atoms with E-state index in [0.717, 1.165) is 6.20 Å². The van der Waals surface area contributed by atoms with Gasteiger partial charge < -0.3 is 15.4 Å². The number of Topliss-reactive ketones (excluding diaryl/α,β-unsaturated/α-hetero) is 1. The lowest BCUT2D eigenvalue weighted by molar-refractivity contribution is -0.148. The Kier molecular flexibility index (Phi) is 17.0. The number of rotatable bonds is 4. The van der Waals surface area contributed by atoms with Gasteiger partial charge in [0.25, 0.3) is 5.91 Å². The molecule has 9 nitrogen and oxygen atoms in total. The van der Waals surface area contributed by atoms with E-state index < -0.39 is 36.2 Å². The molecule has 16 heteroatoms. The second-order valence-electron chi connectivity index (χ2n) is 8.57. The van der Waals surface area contributed by atoms with E-state index >= 15 is 0 Å². The summed E-state index contributed by atoms with van der Waals surface area (Å²) in [5.74, 6) is -0.496. The molecule has 0 bridgehead atoms. The van der Waals surface area contributed by atoms with E-state index in [2.05, 4.69) is 20.5 Å². The summed E-state index contributed by atoms with van der Waals surface area (Å²) in [7, 11) is 2.07. The average Bonchev–Trinajstić information content (AvgIpc) is 3.54. The maximum atomic E-state index is 13.1. The fourth-order valence-corrected chi connectivity index (χ4v) is 3.41. The van der Waals surface area contributed by atoms with Crippen LogP contribution in [0.4, 0.5) is 42.2 Å². The van der Waals surface area contributed by atoms with E-state index in [4.69, 9.17) is 0 Å². The molecule has 1 aliphatic carbocycles. The van der Waals surface area contributed by atoms with Crippen LogP contribution in [0.15, 0.2) is 24.7 Å². The first kappa shape index (κ1) is 38.3. The van der Waals surface area contributed by atoms with Gasteiger partial charge in [-0.2, -0.15) is 36.5 Å². The molecular formula is C26H38F7N7O2. The molecular weight excluding hydrogens is 575 g/mol. The summed E-state index contributed by atoms with van der Waals surface area (Å²) in [4.78, 5) is 25.9. The van der Waals surface area contributed by atoms with Crippen molar-refractivity contribution in [3.63, 3.8) is 0 Å². The SMILES string of the molecule is C1CCCCC1.CC.CC(C)=O.CF.CNc1ccn2ncc(C(=O)Nc3cn(CC(F)(F)F)nc3C(F)(F)F)c2n1. The van der Waals surface area contributed by atoms with Gasteiger partial charge in [-0.1, -0.05) is 52.4 Å². The smallest absolute Gasteiger partial charge is 0.373 e. The number of alkyl halides is 7. The van der Waals surface area contributed by atoms with Crippen molar-refractivity contribution in [2.75, 3.05) is 24.9 Å². The van der Waals surface area contributed by atoms with Crippen LogP contribution in [-0.4, -0.2) is 56.5 Å². The zero-order valence-electron chi connectivity index (χ0n) is 24.5. The van der Waals surface area contributed by atoms with Crippen molar-refractivity contribution < 1.29 is 40.3 Å². The van der Waals surface area contributed by atoms with Gasteiger partial charge in [-0.15, -0.1) is 0 Å². The molecule has 0 atom stereocenters. The molecule has 3 heterocycles. The van der Waals surface area contributed by atoms with Gasteiger partial charge in [-0.3, -0.25) is 13.9 Å². The molecule has 0 aliphatic heterocycles. The summed E-state index contributed by atoms with van der Waals surface area (Å²) in [5.41, 5.74) is -2.69. The average molecular weight is 614 g/mol. The Morgan fingerprint density at radius 3 is 1.88 bits per heavy atom. The quantitative estimate of drug-likeness (QED) is 0.298. The molecule has 1 aliphatic rings.